The maximum atomic E-state index is 5.89. The van der Waals surface area contributed by atoms with E-state index in [0.29, 0.717) is 11.8 Å². The maximum Gasteiger partial charge on any atom is 0.318 e. The molecule has 0 aliphatic heterocycles. The van der Waals surface area contributed by atoms with Crippen LogP contribution < -0.4 is 10.5 Å². The van der Waals surface area contributed by atoms with E-state index in [1.54, 1.807) is 0 Å². The molecule has 0 saturated carbocycles. The highest BCUT2D eigenvalue weighted by atomic mass is 16.5. The van der Waals surface area contributed by atoms with Gasteiger partial charge in [0.25, 0.3) is 0 Å². The molecular formula is C13H11N3O. The van der Waals surface area contributed by atoms with Crippen LogP contribution in [-0.4, -0.2) is 17.1 Å². The summed E-state index contributed by atoms with van der Waals surface area (Å²) in [5.41, 5.74) is 6.72. The van der Waals surface area contributed by atoms with E-state index >= 15 is 0 Å². The molecule has 0 radical (unpaired) electrons. The molecule has 0 saturated heterocycles. The molecule has 1 aromatic heterocycles. The van der Waals surface area contributed by atoms with E-state index in [1.807, 2.05) is 36.4 Å². The summed E-state index contributed by atoms with van der Waals surface area (Å²) in [6.45, 7) is 0. The summed E-state index contributed by atoms with van der Waals surface area (Å²) in [6, 6.07) is 12.3. The number of benzene rings is 2. The summed E-state index contributed by atoms with van der Waals surface area (Å²) in [7, 11) is 1.53. The Balaban J connectivity index is 2.51. The summed E-state index contributed by atoms with van der Waals surface area (Å²) >= 11 is 0. The van der Waals surface area contributed by atoms with Crippen molar-refractivity contribution in [3.05, 3.63) is 36.4 Å². The molecule has 3 aromatic rings. The maximum absolute atomic E-state index is 5.89. The molecule has 0 atom stereocenters. The Morgan fingerprint density at radius 2 is 1.82 bits per heavy atom. The van der Waals surface area contributed by atoms with Crippen LogP contribution in [0.15, 0.2) is 36.4 Å². The van der Waals surface area contributed by atoms with Gasteiger partial charge in [0.1, 0.15) is 5.82 Å². The van der Waals surface area contributed by atoms with Gasteiger partial charge in [-0.25, -0.2) is 0 Å². The van der Waals surface area contributed by atoms with Gasteiger partial charge >= 0.3 is 6.01 Å². The third-order valence-corrected chi connectivity index (χ3v) is 2.78. The van der Waals surface area contributed by atoms with E-state index in [2.05, 4.69) is 9.97 Å². The van der Waals surface area contributed by atoms with E-state index in [1.165, 1.54) is 7.11 Å². The molecule has 0 unspecified atom stereocenters. The lowest BCUT2D eigenvalue weighted by atomic mass is 10.1. The standard InChI is InChI=1S/C13H11N3O/c1-17-13-15-11-9-5-3-2-4-8(9)6-7-10(11)12(14)16-13/h2-7H,1H3,(H2,14,15,16). The van der Waals surface area contributed by atoms with Crippen LogP contribution in [0.2, 0.25) is 0 Å². The Kier molecular flexibility index (Phi) is 2.08. The van der Waals surface area contributed by atoms with Gasteiger partial charge in [-0.1, -0.05) is 30.3 Å². The molecule has 4 nitrogen and oxygen atoms in total. The Bertz CT molecular complexity index is 709. The number of aromatic nitrogens is 2. The van der Waals surface area contributed by atoms with Crippen LogP contribution in [-0.2, 0) is 0 Å². The highest BCUT2D eigenvalue weighted by Gasteiger charge is 2.08. The Morgan fingerprint density at radius 3 is 2.65 bits per heavy atom. The van der Waals surface area contributed by atoms with Crippen LogP contribution in [0.5, 0.6) is 6.01 Å². The first-order valence-electron chi connectivity index (χ1n) is 5.28. The first kappa shape index (κ1) is 9.84. The number of methoxy groups -OCH3 is 1. The summed E-state index contributed by atoms with van der Waals surface area (Å²) in [5.74, 6) is 0.442. The van der Waals surface area contributed by atoms with Gasteiger partial charge in [-0.2, -0.15) is 9.97 Å². The van der Waals surface area contributed by atoms with Crippen molar-refractivity contribution in [3.63, 3.8) is 0 Å². The van der Waals surface area contributed by atoms with E-state index in [9.17, 15) is 0 Å². The van der Waals surface area contributed by atoms with Crippen molar-refractivity contribution in [1.82, 2.24) is 9.97 Å². The van der Waals surface area contributed by atoms with Gasteiger partial charge in [0, 0.05) is 10.8 Å². The smallest absolute Gasteiger partial charge is 0.318 e. The van der Waals surface area contributed by atoms with Crippen molar-refractivity contribution >= 4 is 27.5 Å². The molecule has 1 heterocycles. The van der Waals surface area contributed by atoms with E-state index in [4.69, 9.17) is 10.5 Å². The molecule has 2 aromatic carbocycles. The van der Waals surface area contributed by atoms with Crippen LogP contribution in [0.1, 0.15) is 0 Å². The molecule has 0 spiro atoms. The summed E-state index contributed by atoms with van der Waals surface area (Å²) < 4.78 is 5.05. The van der Waals surface area contributed by atoms with Crippen molar-refractivity contribution in [2.75, 3.05) is 12.8 Å². The fourth-order valence-corrected chi connectivity index (χ4v) is 1.96. The summed E-state index contributed by atoms with van der Waals surface area (Å²) in [4.78, 5) is 8.44. The van der Waals surface area contributed by atoms with Crippen molar-refractivity contribution in [2.24, 2.45) is 0 Å². The van der Waals surface area contributed by atoms with Gasteiger partial charge in [0.15, 0.2) is 0 Å². The third-order valence-electron chi connectivity index (χ3n) is 2.78. The fraction of sp³-hybridized carbons (Fsp3) is 0.0769. The molecule has 0 amide bonds. The van der Waals surface area contributed by atoms with Crippen molar-refractivity contribution in [1.29, 1.82) is 0 Å². The largest absolute Gasteiger partial charge is 0.467 e. The van der Waals surface area contributed by atoms with Crippen LogP contribution >= 0.6 is 0 Å². The van der Waals surface area contributed by atoms with Crippen LogP contribution in [0.4, 0.5) is 5.82 Å². The number of fused-ring (bicyclic) bond motifs is 3. The van der Waals surface area contributed by atoms with Crippen LogP contribution in [0, 0.1) is 0 Å². The van der Waals surface area contributed by atoms with Crippen molar-refractivity contribution in [3.8, 4) is 6.01 Å². The molecule has 0 fully saturated rings. The lowest BCUT2D eigenvalue weighted by Crippen LogP contribution is -1.98. The van der Waals surface area contributed by atoms with Crippen molar-refractivity contribution in [2.45, 2.75) is 0 Å². The average molecular weight is 225 g/mol. The molecule has 3 rings (SSSR count). The minimum Gasteiger partial charge on any atom is -0.467 e. The second-order valence-corrected chi connectivity index (χ2v) is 3.78. The first-order chi connectivity index (χ1) is 8.29. The SMILES string of the molecule is COc1nc(N)c2ccc3ccccc3c2n1. The monoisotopic (exact) mass is 225 g/mol. The van der Waals surface area contributed by atoms with Gasteiger partial charge < -0.3 is 10.5 Å². The minimum atomic E-state index is 0.298. The van der Waals surface area contributed by atoms with E-state index in [-0.39, 0.29) is 0 Å². The predicted octanol–water partition coefficient (Wildman–Crippen LogP) is 2.37. The molecule has 0 bridgehead atoms. The zero-order chi connectivity index (χ0) is 11.8. The first-order valence-corrected chi connectivity index (χ1v) is 5.28. The highest BCUT2D eigenvalue weighted by Crippen LogP contribution is 2.27. The van der Waals surface area contributed by atoms with Gasteiger partial charge in [0.05, 0.1) is 12.6 Å². The van der Waals surface area contributed by atoms with E-state index in [0.717, 1.165) is 21.7 Å². The van der Waals surface area contributed by atoms with Crippen molar-refractivity contribution < 1.29 is 4.74 Å². The Hall–Kier alpha value is -2.36. The second-order valence-electron chi connectivity index (χ2n) is 3.78. The number of nitrogen functional groups attached to an aromatic ring is 1. The second kappa shape index (κ2) is 3.59. The van der Waals surface area contributed by atoms with Gasteiger partial charge in [-0.3, -0.25) is 0 Å². The van der Waals surface area contributed by atoms with Crippen LogP contribution in [0.3, 0.4) is 0 Å². The number of hydrogen-bond acceptors (Lipinski definition) is 4. The topological polar surface area (TPSA) is 61.0 Å². The lowest BCUT2D eigenvalue weighted by molar-refractivity contribution is 0.382. The average Bonchev–Trinajstić information content (AvgIpc) is 2.38. The third kappa shape index (κ3) is 1.45. The fourth-order valence-electron chi connectivity index (χ4n) is 1.96. The zero-order valence-corrected chi connectivity index (χ0v) is 9.34. The summed E-state index contributed by atoms with van der Waals surface area (Å²) in [6.07, 6.45) is 0. The molecular weight excluding hydrogens is 214 g/mol. The minimum absolute atomic E-state index is 0.298. The quantitative estimate of drug-likeness (QED) is 0.646. The number of nitrogens with zero attached hydrogens (tertiary/aromatic N) is 2. The lowest BCUT2D eigenvalue weighted by Gasteiger charge is -2.06. The number of anilines is 1. The number of hydrogen-bond donors (Lipinski definition) is 1. The predicted molar refractivity (Wildman–Crippen MR) is 68.0 cm³/mol. The zero-order valence-electron chi connectivity index (χ0n) is 9.34. The normalized spacial score (nSPS) is 10.9. The molecule has 84 valence electrons. The molecule has 17 heavy (non-hydrogen) atoms. The number of nitrogens with two attached hydrogens (primary N) is 1. The molecule has 2 N–H and O–H groups in total. The van der Waals surface area contributed by atoms with Gasteiger partial charge in [-0.05, 0) is 11.5 Å². The van der Waals surface area contributed by atoms with E-state index < -0.39 is 0 Å². The molecule has 0 aliphatic carbocycles. The number of rotatable bonds is 1. The molecule has 0 aliphatic rings. The Morgan fingerprint density at radius 1 is 1.00 bits per heavy atom. The van der Waals surface area contributed by atoms with Gasteiger partial charge in [-0.15, -0.1) is 0 Å². The molecule has 4 heteroatoms. The Labute approximate surface area is 98.1 Å². The van der Waals surface area contributed by atoms with Crippen LogP contribution in [0.25, 0.3) is 21.7 Å². The summed E-state index contributed by atoms with van der Waals surface area (Å²) in [5, 5.41) is 3.03. The highest BCUT2D eigenvalue weighted by molar-refractivity contribution is 6.08. The number of ether oxygens (including phenoxy) is 1. The van der Waals surface area contributed by atoms with Gasteiger partial charge in [0.2, 0.25) is 0 Å².